The monoisotopic (exact) mass is 310 g/mol. The number of nitrogens with one attached hydrogen (secondary N) is 1. The van der Waals surface area contributed by atoms with E-state index in [1.54, 1.807) is 12.1 Å². The summed E-state index contributed by atoms with van der Waals surface area (Å²) in [4.78, 5) is 14.4. The average molecular weight is 310 g/mol. The van der Waals surface area contributed by atoms with Gasteiger partial charge in [-0.2, -0.15) is 0 Å². The Morgan fingerprint density at radius 2 is 1.83 bits per heavy atom. The molecule has 0 aliphatic carbocycles. The van der Waals surface area contributed by atoms with Gasteiger partial charge in [0.25, 0.3) is 5.91 Å². The Bertz CT molecular complexity index is 661. The van der Waals surface area contributed by atoms with Crippen LogP contribution in [0.5, 0.6) is 0 Å². The van der Waals surface area contributed by atoms with Crippen molar-refractivity contribution in [1.82, 2.24) is 15.1 Å². The molecule has 1 aromatic carbocycles. The summed E-state index contributed by atoms with van der Waals surface area (Å²) >= 11 is 0. The predicted octanol–water partition coefficient (Wildman–Crippen LogP) is 3.54. The number of carbonyl (C=O) groups excluding carboxylic acids is 1. The highest BCUT2D eigenvalue weighted by atomic mass is 16.2. The van der Waals surface area contributed by atoms with Gasteiger partial charge in [0.2, 0.25) is 0 Å². The largest absolute Gasteiger partial charge is 0.339 e. The first kappa shape index (κ1) is 15.5. The number of anilines is 2. The average Bonchev–Trinajstić information content (AvgIpc) is 2.84. The Balaban J connectivity index is 1.67. The van der Waals surface area contributed by atoms with Gasteiger partial charge in [-0.15, -0.1) is 10.2 Å². The second-order valence-corrected chi connectivity index (χ2v) is 6.00. The van der Waals surface area contributed by atoms with Crippen LogP contribution in [0, 0.1) is 6.92 Å². The topological polar surface area (TPSA) is 58.1 Å². The molecule has 1 aromatic heterocycles. The van der Waals surface area contributed by atoms with Crippen LogP contribution in [0.25, 0.3) is 0 Å². The predicted molar refractivity (Wildman–Crippen MR) is 90.9 cm³/mol. The van der Waals surface area contributed by atoms with E-state index in [-0.39, 0.29) is 5.91 Å². The van der Waals surface area contributed by atoms with Crippen molar-refractivity contribution in [2.24, 2.45) is 0 Å². The molecule has 0 unspecified atom stereocenters. The molecule has 23 heavy (non-hydrogen) atoms. The van der Waals surface area contributed by atoms with Crippen molar-refractivity contribution >= 4 is 17.4 Å². The van der Waals surface area contributed by atoms with E-state index in [1.165, 1.54) is 18.4 Å². The van der Waals surface area contributed by atoms with E-state index >= 15 is 0 Å². The maximum Gasteiger partial charge on any atom is 0.274 e. The maximum atomic E-state index is 12.5. The number of rotatable bonds is 3. The Morgan fingerprint density at radius 1 is 1.04 bits per heavy atom. The maximum absolute atomic E-state index is 12.5. The standard InChI is InChI=1S/C18H22N4O/c1-14-7-6-8-15(13-14)19-17-10-9-16(20-21-17)18(23)22-11-4-2-3-5-12-22/h6-10,13H,2-5,11-12H2,1H3,(H,19,21). The van der Waals surface area contributed by atoms with Gasteiger partial charge in [0.1, 0.15) is 0 Å². The molecule has 1 aliphatic heterocycles. The summed E-state index contributed by atoms with van der Waals surface area (Å²) in [5.74, 6) is 0.629. The zero-order chi connectivity index (χ0) is 16.1. The lowest BCUT2D eigenvalue weighted by molar-refractivity contribution is 0.0754. The van der Waals surface area contributed by atoms with Crippen molar-refractivity contribution in [3.63, 3.8) is 0 Å². The third kappa shape index (κ3) is 4.06. The van der Waals surface area contributed by atoms with E-state index in [4.69, 9.17) is 0 Å². The molecule has 1 fully saturated rings. The first-order valence-electron chi connectivity index (χ1n) is 8.19. The lowest BCUT2D eigenvalue weighted by atomic mass is 10.2. The molecule has 0 bridgehead atoms. The number of carbonyl (C=O) groups is 1. The minimum atomic E-state index is -0.0125. The summed E-state index contributed by atoms with van der Waals surface area (Å²) < 4.78 is 0. The molecule has 1 aliphatic rings. The van der Waals surface area contributed by atoms with Crippen LogP contribution in [0.4, 0.5) is 11.5 Å². The molecule has 1 amide bonds. The van der Waals surface area contributed by atoms with Crippen LogP contribution >= 0.6 is 0 Å². The highest BCUT2D eigenvalue weighted by Gasteiger charge is 2.18. The summed E-state index contributed by atoms with van der Waals surface area (Å²) in [6.45, 7) is 3.69. The Hall–Kier alpha value is -2.43. The number of likely N-dealkylation sites (tertiary alicyclic amines) is 1. The number of amides is 1. The normalized spacial score (nSPS) is 15.1. The van der Waals surface area contributed by atoms with Gasteiger partial charge in [0, 0.05) is 18.8 Å². The molecule has 0 atom stereocenters. The van der Waals surface area contributed by atoms with E-state index in [0.717, 1.165) is 31.6 Å². The van der Waals surface area contributed by atoms with Gasteiger partial charge in [-0.25, -0.2) is 0 Å². The van der Waals surface area contributed by atoms with E-state index in [9.17, 15) is 4.79 Å². The number of hydrogen-bond donors (Lipinski definition) is 1. The molecule has 2 aromatic rings. The zero-order valence-electron chi connectivity index (χ0n) is 13.5. The van der Waals surface area contributed by atoms with Crippen LogP contribution in [-0.2, 0) is 0 Å². The highest BCUT2D eigenvalue weighted by Crippen LogP contribution is 2.16. The Labute approximate surface area is 136 Å². The third-order valence-electron chi connectivity index (χ3n) is 4.07. The Kier molecular flexibility index (Phi) is 4.86. The molecule has 3 rings (SSSR count). The number of aromatic nitrogens is 2. The number of hydrogen-bond acceptors (Lipinski definition) is 4. The molecule has 0 saturated carbocycles. The van der Waals surface area contributed by atoms with E-state index < -0.39 is 0 Å². The van der Waals surface area contributed by atoms with Crippen LogP contribution in [0.15, 0.2) is 36.4 Å². The van der Waals surface area contributed by atoms with Gasteiger partial charge in [0.15, 0.2) is 11.5 Å². The lowest BCUT2D eigenvalue weighted by Gasteiger charge is -2.19. The SMILES string of the molecule is Cc1cccc(Nc2ccc(C(=O)N3CCCCCC3)nn2)c1. The quantitative estimate of drug-likeness (QED) is 0.942. The minimum absolute atomic E-state index is 0.0125. The fourth-order valence-electron chi connectivity index (χ4n) is 2.82. The second-order valence-electron chi connectivity index (χ2n) is 6.00. The minimum Gasteiger partial charge on any atom is -0.339 e. The van der Waals surface area contributed by atoms with E-state index in [0.29, 0.717) is 11.5 Å². The zero-order valence-corrected chi connectivity index (χ0v) is 13.5. The smallest absolute Gasteiger partial charge is 0.274 e. The van der Waals surface area contributed by atoms with Gasteiger partial charge < -0.3 is 10.2 Å². The number of nitrogens with zero attached hydrogens (tertiary/aromatic N) is 3. The number of aryl methyl sites for hydroxylation is 1. The molecule has 2 heterocycles. The van der Waals surface area contributed by atoms with Crippen molar-refractivity contribution in [3.8, 4) is 0 Å². The summed E-state index contributed by atoms with van der Waals surface area (Å²) in [5.41, 5.74) is 2.56. The molecular weight excluding hydrogens is 288 g/mol. The van der Waals surface area contributed by atoms with Crippen molar-refractivity contribution in [1.29, 1.82) is 0 Å². The number of benzene rings is 1. The lowest BCUT2D eigenvalue weighted by Crippen LogP contribution is -2.32. The van der Waals surface area contributed by atoms with Crippen LogP contribution in [-0.4, -0.2) is 34.1 Å². The van der Waals surface area contributed by atoms with Gasteiger partial charge >= 0.3 is 0 Å². The fourth-order valence-corrected chi connectivity index (χ4v) is 2.82. The molecular formula is C18H22N4O. The van der Waals surface area contributed by atoms with Crippen LogP contribution in [0.1, 0.15) is 41.7 Å². The van der Waals surface area contributed by atoms with Crippen LogP contribution < -0.4 is 5.32 Å². The highest BCUT2D eigenvalue weighted by molar-refractivity contribution is 5.92. The first-order chi connectivity index (χ1) is 11.2. The molecule has 120 valence electrons. The van der Waals surface area contributed by atoms with Crippen molar-refractivity contribution in [2.75, 3.05) is 18.4 Å². The van der Waals surface area contributed by atoms with E-state index in [2.05, 4.69) is 15.5 Å². The van der Waals surface area contributed by atoms with E-state index in [1.807, 2.05) is 36.1 Å². The molecule has 0 radical (unpaired) electrons. The summed E-state index contributed by atoms with van der Waals surface area (Å²) in [5, 5.41) is 11.4. The summed E-state index contributed by atoms with van der Waals surface area (Å²) in [7, 11) is 0. The molecule has 0 spiro atoms. The van der Waals surface area contributed by atoms with Gasteiger partial charge in [0.05, 0.1) is 0 Å². The second kappa shape index (κ2) is 7.22. The van der Waals surface area contributed by atoms with Crippen molar-refractivity contribution in [3.05, 3.63) is 47.7 Å². The van der Waals surface area contributed by atoms with Gasteiger partial charge in [-0.05, 0) is 49.6 Å². The molecule has 5 nitrogen and oxygen atoms in total. The van der Waals surface area contributed by atoms with Crippen molar-refractivity contribution < 1.29 is 4.79 Å². The fraction of sp³-hybridized carbons (Fsp3) is 0.389. The van der Waals surface area contributed by atoms with Gasteiger partial charge in [-0.3, -0.25) is 4.79 Å². The first-order valence-corrected chi connectivity index (χ1v) is 8.19. The van der Waals surface area contributed by atoms with Crippen LogP contribution in [0.2, 0.25) is 0 Å². The Morgan fingerprint density at radius 3 is 2.48 bits per heavy atom. The molecule has 1 saturated heterocycles. The van der Waals surface area contributed by atoms with Gasteiger partial charge in [-0.1, -0.05) is 25.0 Å². The molecule has 5 heteroatoms. The summed E-state index contributed by atoms with van der Waals surface area (Å²) in [6.07, 6.45) is 4.56. The third-order valence-corrected chi connectivity index (χ3v) is 4.07. The van der Waals surface area contributed by atoms with Crippen molar-refractivity contribution in [2.45, 2.75) is 32.6 Å². The van der Waals surface area contributed by atoms with Crippen LogP contribution in [0.3, 0.4) is 0 Å². The summed E-state index contributed by atoms with van der Waals surface area (Å²) in [6, 6.07) is 11.6. The molecule has 1 N–H and O–H groups in total.